The molecular formula is C12H14N4O2. The zero-order valence-electron chi connectivity index (χ0n) is 10.2. The number of anilines is 1. The molecule has 1 heterocycles. The average Bonchev–Trinajstić information content (AvgIpc) is 2.67. The molecule has 0 amide bonds. The van der Waals surface area contributed by atoms with Crippen LogP contribution in [0.3, 0.4) is 0 Å². The number of rotatable bonds is 3. The summed E-state index contributed by atoms with van der Waals surface area (Å²) < 4.78 is 1.59. The van der Waals surface area contributed by atoms with E-state index in [0.717, 1.165) is 5.69 Å². The molecule has 0 fully saturated rings. The molecule has 0 spiro atoms. The van der Waals surface area contributed by atoms with Crippen molar-refractivity contribution in [3.05, 3.63) is 51.7 Å². The summed E-state index contributed by atoms with van der Waals surface area (Å²) in [7, 11) is 0. The summed E-state index contributed by atoms with van der Waals surface area (Å²) in [5.41, 5.74) is 7.30. The molecule has 0 bridgehead atoms. The minimum atomic E-state index is -0.390. The maximum absolute atomic E-state index is 11.0. The minimum absolute atomic E-state index is 0.0811. The van der Waals surface area contributed by atoms with Crippen LogP contribution < -0.4 is 5.73 Å². The van der Waals surface area contributed by atoms with E-state index < -0.39 is 4.92 Å². The zero-order valence-corrected chi connectivity index (χ0v) is 10.2. The second-order valence-corrected chi connectivity index (χ2v) is 4.15. The van der Waals surface area contributed by atoms with Crippen LogP contribution in [0.15, 0.2) is 30.3 Å². The fraction of sp³-hybridized carbons (Fsp3) is 0.250. The third-order valence-electron chi connectivity index (χ3n) is 2.84. The second-order valence-electron chi connectivity index (χ2n) is 4.15. The van der Waals surface area contributed by atoms with Gasteiger partial charge in [0.1, 0.15) is 5.82 Å². The first kappa shape index (κ1) is 12.1. The van der Waals surface area contributed by atoms with Crippen LogP contribution in [0.4, 0.5) is 11.5 Å². The van der Waals surface area contributed by atoms with Gasteiger partial charge in [0.2, 0.25) is 0 Å². The highest BCUT2D eigenvalue weighted by atomic mass is 16.6. The monoisotopic (exact) mass is 246 g/mol. The molecule has 18 heavy (non-hydrogen) atoms. The fourth-order valence-corrected chi connectivity index (χ4v) is 1.99. The van der Waals surface area contributed by atoms with Gasteiger partial charge in [-0.05, 0) is 13.8 Å². The van der Waals surface area contributed by atoms with Crippen LogP contribution in [0.5, 0.6) is 0 Å². The van der Waals surface area contributed by atoms with Crippen molar-refractivity contribution in [2.24, 2.45) is 0 Å². The quantitative estimate of drug-likeness (QED) is 0.664. The summed E-state index contributed by atoms with van der Waals surface area (Å²) in [4.78, 5) is 10.6. The normalized spacial score (nSPS) is 12.3. The number of nitro groups is 1. The standard InChI is InChI=1S/C12H14N4O2/c1-8-7-12(13)15(14-8)9(2)10-5-3-4-6-11(10)16(17)18/h3-7,9H,13H2,1-2H3. The van der Waals surface area contributed by atoms with E-state index >= 15 is 0 Å². The van der Waals surface area contributed by atoms with Crippen LogP contribution >= 0.6 is 0 Å². The molecule has 0 saturated carbocycles. The summed E-state index contributed by atoms with van der Waals surface area (Å²) in [5.74, 6) is 0.498. The van der Waals surface area contributed by atoms with E-state index in [1.165, 1.54) is 6.07 Å². The Bertz CT molecular complexity index is 592. The van der Waals surface area contributed by atoms with Crippen LogP contribution in [0.1, 0.15) is 24.2 Å². The highest BCUT2D eigenvalue weighted by Gasteiger charge is 2.21. The van der Waals surface area contributed by atoms with Crippen molar-refractivity contribution in [3.8, 4) is 0 Å². The fourth-order valence-electron chi connectivity index (χ4n) is 1.99. The lowest BCUT2D eigenvalue weighted by Crippen LogP contribution is -2.13. The van der Waals surface area contributed by atoms with Crippen molar-refractivity contribution in [1.82, 2.24) is 9.78 Å². The second kappa shape index (κ2) is 4.48. The molecule has 0 radical (unpaired) electrons. The molecule has 0 aliphatic carbocycles. The lowest BCUT2D eigenvalue weighted by Gasteiger charge is -2.14. The molecule has 0 saturated heterocycles. The molecule has 0 aliphatic rings. The summed E-state index contributed by atoms with van der Waals surface area (Å²) in [6.07, 6.45) is 0. The number of hydrogen-bond donors (Lipinski definition) is 1. The molecule has 1 atom stereocenters. The van der Waals surface area contributed by atoms with Gasteiger partial charge < -0.3 is 5.73 Å². The number of hydrogen-bond acceptors (Lipinski definition) is 4. The predicted molar refractivity (Wildman–Crippen MR) is 68.3 cm³/mol. The summed E-state index contributed by atoms with van der Waals surface area (Å²) in [5, 5.41) is 15.2. The van der Waals surface area contributed by atoms with Crippen molar-refractivity contribution in [2.45, 2.75) is 19.9 Å². The number of nitrogen functional groups attached to an aromatic ring is 1. The van der Waals surface area contributed by atoms with Gasteiger partial charge in [-0.15, -0.1) is 0 Å². The van der Waals surface area contributed by atoms with Crippen LogP contribution in [-0.4, -0.2) is 14.7 Å². The van der Waals surface area contributed by atoms with Crippen molar-refractivity contribution >= 4 is 11.5 Å². The van der Waals surface area contributed by atoms with Crippen molar-refractivity contribution in [1.29, 1.82) is 0 Å². The van der Waals surface area contributed by atoms with Crippen molar-refractivity contribution in [3.63, 3.8) is 0 Å². The highest BCUT2D eigenvalue weighted by Crippen LogP contribution is 2.28. The summed E-state index contributed by atoms with van der Waals surface area (Å²) in [6.45, 7) is 3.67. The van der Waals surface area contributed by atoms with E-state index in [9.17, 15) is 10.1 Å². The average molecular weight is 246 g/mol. The molecule has 94 valence electrons. The van der Waals surface area contributed by atoms with Crippen LogP contribution in [0, 0.1) is 17.0 Å². The van der Waals surface area contributed by atoms with Crippen LogP contribution in [-0.2, 0) is 0 Å². The smallest absolute Gasteiger partial charge is 0.274 e. The van der Waals surface area contributed by atoms with E-state index in [1.807, 2.05) is 13.8 Å². The Kier molecular flexibility index (Phi) is 3.01. The molecule has 1 aromatic heterocycles. The van der Waals surface area contributed by atoms with Crippen LogP contribution in [0.2, 0.25) is 0 Å². The topological polar surface area (TPSA) is 87.0 Å². The van der Waals surface area contributed by atoms with Gasteiger partial charge in [-0.25, -0.2) is 4.68 Å². The Labute approximate surface area is 104 Å². The van der Waals surface area contributed by atoms with Crippen molar-refractivity contribution < 1.29 is 4.92 Å². The highest BCUT2D eigenvalue weighted by molar-refractivity contribution is 5.43. The number of nitro benzene ring substituents is 1. The lowest BCUT2D eigenvalue weighted by atomic mass is 10.1. The maximum Gasteiger partial charge on any atom is 0.274 e. The number of para-hydroxylation sites is 1. The summed E-state index contributed by atoms with van der Waals surface area (Å²) in [6, 6.07) is 8.08. The molecule has 1 aromatic carbocycles. The molecule has 6 heteroatoms. The molecule has 2 N–H and O–H groups in total. The van der Waals surface area contributed by atoms with Gasteiger partial charge in [-0.1, -0.05) is 18.2 Å². The molecule has 2 rings (SSSR count). The third-order valence-corrected chi connectivity index (χ3v) is 2.84. The predicted octanol–water partition coefficient (Wildman–Crippen LogP) is 2.29. The maximum atomic E-state index is 11.0. The SMILES string of the molecule is Cc1cc(N)n(C(C)c2ccccc2[N+](=O)[O-])n1. The number of benzene rings is 1. The Balaban J connectivity index is 2.49. The van der Waals surface area contributed by atoms with E-state index in [-0.39, 0.29) is 11.7 Å². The Hall–Kier alpha value is -2.37. The van der Waals surface area contributed by atoms with E-state index in [1.54, 1.807) is 28.9 Å². The molecule has 0 aliphatic heterocycles. The number of aromatic nitrogens is 2. The first-order chi connectivity index (χ1) is 8.50. The van der Waals surface area contributed by atoms with Crippen LogP contribution in [0.25, 0.3) is 0 Å². The van der Waals surface area contributed by atoms with E-state index in [2.05, 4.69) is 5.10 Å². The van der Waals surface area contributed by atoms with Gasteiger partial charge in [-0.3, -0.25) is 10.1 Å². The van der Waals surface area contributed by atoms with Gasteiger partial charge in [0.15, 0.2) is 0 Å². The number of nitrogens with zero attached hydrogens (tertiary/aromatic N) is 3. The van der Waals surface area contributed by atoms with Crippen molar-refractivity contribution in [2.75, 3.05) is 5.73 Å². The number of nitrogens with two attached hydrogens (primary N) is 1. The first-order valence-electron chi connectivity index (χ1n) is 5.55. The van der Waals surface area contributed by atoms with E-state index in [0.29, 0.717) is 11.4 Å². The van der Waals surface area contributed by atoms with Gasteiger partial charge in [0, 0.05) is 12.1 Å². The zero-order chi connectivity index (χ0) is 13.3. The minimum Gasteiger partial charge on any atom is -0.384 e. The van der Waals surface area contributed by atoms with Gasteiger partial charge in [-0.2, -0.15) is 5.10 Å². The molecular weight excluding hydrogens is 232 g/mol. The van der Waals surface area contributed by atoms with Gasteiger partial charge >= 0.3 is 0 Å². The van der Waals surface area contributed by atoms with Gasteiger partial charge in [0.25, 0.3) is 5.69 Å². The summed E-state index contributed by atoms with van der Waals surface area (Å²) >= 11 is 0. The Morgan fingerprint density at radius 3 is 2.67 bits per heavy atom. The molecule has 2 aromatic rings. The third kappa shape index (κ3) is 2.04. The Morgan fingerprint density at radius 1 is 1.44 bits per heavy atom. The Morgan fingerprint density at radius 2 is 2.11 bits per heavy atom. The molecule has 6 nitrogen and oxygen atoms in total. The molecule has 1 unspecified atom stereocenters. The lowest BCUT2D eigenvalue weighted by molar-refractivity contribution is -0.385. The first-order valence-corrected chi connectivity index (χ1v) is 5.55. The van der Waals surface area contributed by atoms with E-state index in [4.69, 9.17) is 5.73 Å². The van der Waals surface area contributed by atoms with Gasteiger partial charge in [0.05, 0.1) is 22.2 Å². The largest absolute Gasteiger partial charge is 0.384 e. The number of aryl methyl sites for hydroxylation is 1.